The van der Waals surface area contributed by atoms with Gasteiger partial charge in [-0.1, -0.05) is 6.92 Å². The largest absolute Gasteiger partial charge is 0.398 e. The molecule has 0 aliphatic heterocycles. The molecule has 0 radical (unpaired) electrons. The Morgan fingerprint density at radius 1 is 1.10 bits per heavy atom. The standard InChI is InChI=1S/C16H17N3S/c1-2-11-3-4-12(20-11)9-19-16-6-5-15(17)14-10-18-8-7-13(14)16/h3-8,10,19H,2,9,17H2,1H3. The molecule has 0 amide bonds. The minimum absolute atomic E-state index is 0.767. The number of nitrogens with two attached hydrogens (primary N) is 1. The number of nitrogens with zero attached hydrogens (tertiary/aromatic N) is 1. The number of aromatic nitrogens is 1. The van der Waals surface area contributed by atoms with E-state index in [4.69, 9.17) is 5.73 Å². The molecule has 0 bridgehead atoms. The van der Waals surface area contributed by atoms with Crippen LogP contribution in [0.4, 0.5) is 11.4 Å². The van der Waals surface area contributed by atoms with Crippen LogP contribution in [0, 0.1) is 0 Å². The maximum atomic E-state index is 5.99. The van der Waals surface area contributed by atoms with Crippen molar-refractivity contribution in [1.82, 2.24) is 4.98 Å². The van der Waals surface area contributed by atoms with Crippen molar-refractivity contribution in [2.75, 3.05) is 11.1 Å². The fraction of sp³-hybridized carbons (Fsp3) is 0.188. The predicted octanol–water partition coefficient (Wildman–Crippen LogP) is 4.05. The van der Waals surface area contributed by atoms with Crippen LogP contribution >= 0.6 is 11.3 Å². The molecule has 3 N–H and O–H groups in total. The van der Waals surface area contributed by atoms with Crippen molar-refractivity contribution in [3.8, 4) is 0 Å². The zero-order valence-corrected chi connectivity index (χ0v) is 12.2. The third-order valence-electron chi connectivity index (χ3n) is 3.37. The van der Waals surface area contributed by atoms with Crippen LogP contribution in [0.5, 0.6) is 0 Å². The Balaban J connectivity index is 1.86. The number of nitrogen functional groups attached to an aromatic ring is 1. The first-order valence-corrected chi connectivity index (χ1v) is 7.53. The molecule has 0 atom stereocenters. The van der Waals surface area contributed by atoms with Crippen molar-refractivity contribution in [2.24, 2.45) is 0 Å². The first kappa shape index (κ1) is 12.9. The summed E-state index contributed by atoms with van der Waals surface area (Å²) in [4.78, 5) is 6.91. The number of anilines is 2. The molecule has 0 saturated carbocycles. The number of aryl methyl sites for hydroxylation is 1. The second kappa shape index (κ2) is 5.51. The highest BCUT2D eigenvalue weighted by Crippen LogP contribution is 2.28. The van der Waals surface area contributed by atoms with E-state index >= 15 is 0 Å². The van der Waals surface area contributed by atoms with Crippen LogP contribution in [0.15, 0.2) is 42.7 Å². The summed E-state index contributed by atoms with van der Waals surface area (Å²) in [6, 6.07) is 10.4. The first-order valence-electron chi connectivity index (χ1n) is 6.71. The summed E-state index contributed by atoms with van der Waals surface area (Å²) in [6.07, 6.45) is 4.71. The molecule has 3 nitrogen and oxygen atoms in total. The second-order valence-corrected chi connectivity index (χ2v) is 5.95. The minimum Gasteiger partial charge on any atom is -0.398 e. The lowest BCUT2D eigenvalue weighted by Crippen LogP contribution is -1.99. The molecule has 0 spiro atoms. The van der Waals surface area contributed by atoms with Gasteiger partial charge in [-0.2, -0.15) is 0 Å². The number of hydrogen-bond donors (Lipinski definition) is 2. The molecule has 2 aromatic heterocycles. The third-order valence-corrected chi connectivity index (χ3v) is 4.60. The number of thiophene rings is 1. The average molecular weight is 283 g/mol. The van der Waals surface area contributed by atoms with Gasteiger partial charge in [0.05, 0.1) is 0 Å². The molecule has 3 aromatic rings. The fourth-order valence-electron chi connectivity index (χ4n) is 2.26. The Morgan fingerprint density at radius 3 is 2.75 bits per heavy atom. The molecule has 0 unspecified atom stereocenters. The Bertz CT molecular complexity index is 733. The summed E-state index contributed by atoms with van der Waals surface area (Å²) < 4.78 is 0. The Kier molecular flexibility index (Phi) is 3.56. The zero-order chi connectivity index (χ0) is 13.9. The molecule has 1 aromatic carbocycles. The minimum atomic E-state index is 0.767. The Morgan fingerprint density at radius 2 is 1.95 bits per heavy atom. The van der Waals surface area contributed by atoms with Crippen molar-refractivity contribution in [3.05, 3.63) is 52.5 Å². The van der Waals surface area contributed by atoms with Gasteiger partial charge in [0, 0.05) is 50.8 Å². The average Bonchev–Trinajstić information content (AvgIpc) is 2.95. The van der Waals surface area contributed by atoms with Crippen molar-refractivity contribution >= 4 is 33.5 Å². The quantitative estimate of drug-likeness (QED) is 0.710. The molecule has 2 heterocycles. The van der Waals surface area contributed by atoms with Crippen LogP contribution in [0.1, 0.15) is 16.7 Å². The summed E-state index contributed by atoms with van der Waals surface area (Å²) in [5.74, 6) is 0. The highest BCUT2D eigenvalue weighted by molar-refractivity contribution is 7.12. The summed E-state index contributed by atoms with van der Waals surface area (Å²) >= 11 is 1.86. The van der Waals surface area contributed by atoms with Gasteiger partial charge in [0.2, 0.25) is 0 Å². The van der Waals surface area contributed by atoms with E-state index in [1.54, 1.807) is 6.20 Å². The monoisotopic (exact) mass is 283 g/mol. The number of rotatable bonds is 4. The predicted molar refractivity (Wildman–Crippen MR) is 87.2 cm³/mol. The SMILES string of the molecule is CCc1ccc(CNc2ccc(N)c3cnccc23)s1. The molecule has 0 saturated heterocycles. The van der Waals surface area contributed by atoms with Gasteiger partial charge in [0.25, 0.3) is 0 Å². The van der Waals surface area contributed by atoms with Crippen LogP contribution in [0.2, 0.25) is 0 Å². The molecule has 0 aliphatic carbocycles. The van der Waals surface area contributed by atoms with Crippen LogP contribution in [0.3, 0.4) is 0 Å². The van der Waals surface area contributed by atoms with Gasteiger partial charge >= 0.3 is 0 Å². The van der Waals surface area contributed by atoms with Crippen molar-refractivity contribution in [1.29, 1.82) is 0 Å². The number of fused-ring (bicyclic) bond motifs is 1. The number of pyridine rings is 1. The van der Waals surface area contributed by atoms with Gasteiger partial charge in [-0.05, 0) is 36.8 Å². The van der Waals surface area contributed by atoms with Crippen molar-refractivity contribution in [3.63, 3.8) is 0 Å². The van der Waals surface area contributed by atoms with E-state index in [-0.39, 0.29) is 0 Å². The highest BCUT2D eigenvalue weighted by Gasteiger charge is 2.04. The summed E-state index contributed by atoms with van der Waals surface area (Å²) in [6.45, 7) is 3.02. The zero-order valence-electron chi connectivity index (χ0n) is 11.4. The maximum absolute atomic E-state index is 5.99. The molecule has 20 heavy (non-hydrogen) atoms. The van der Waals surface area contributed by atoms with Crippen LogP contribution in [-0.4, -0.2) is 4.98 Å². The topological polar surface area (TPSA) is 50.9 Å². The van der Waals surface area contributed by atoms with Gasteiger partial charge in [0.15, 0.2) is 0 Å². The van der Waals surface area contributed by atoms with Gasteiger partial charge in [0.1, 0.15) is 0 Å². The maximum Gasteiger partial charge on any atom is 0.0494 e. The molecule has 0 aliphatic rings. The summed E-state index contributed by atoms with van der Waals surface area (Å²) in [5, 5.41) is 5.61. The van der Waals surface area contributed by atoms with E-state index in [1.807, 2.05) is 35.7 Å². The normalized spacial score (nSPS) is 10.8. The molecular weight excluding hydrogens is 266 g/mol. The van der Waals surface area contributed by atoms with E-state index in [9.17, 15) is 0 Å². The number of nitrogens with one attached hydrogen (secondary N) is 1. The van der Waals surface area contributed by atoms with E-state index in [0.29, 0.717) is 0 Å². The van der Waals surface area contributed by atoms with Crippen molar-refractivity contribution < 1.29 is 0 Å². The lowest BCUT2D eigenvalue weighted by atomic mass is 10.1. The van der Waals surface area contributed by atoms with E-state index < -0.39 is 0 Å². The number of benzene rings is 1. The van der Waals surface area contributed by atoms with Crippen LogP contribution in [0.25, 0.3) is 10.8 Å². The van der Waals surface area contributed by atoms with E-state index in [2.05, 4.69) is 29.4 Å². The van der Waals surface area contributed by atoms with Gasteiger partial charge in [-0.15, -0.1) is 11.3 Å². The van der Waals surface area contributed by atoms with Crippen LogP contribution < -0.4 is 11.1 Å². The second-order valence-electron chi connectivity index (χ2n) is 4.70. The molecule has 4 heteroatoms. The van der Waals surface area contributed by atoms with Gasteiger partial charge < -0.3 is 11.1 Å². The lowest BCUT2D eigenvalue weighted by molar-refractivity contribution is 1.19. The number of hydrogen-bond acceptors (Lipinski definition) is 4. The highest BCUT2D eigenvalue weighted by atomic mass is 32.1. The summed E-state index contributed by atoms with van der Waals surface area (Å²) in [7, 11) is 0. The fourth-order valence-corrected chi connectivity index (χ4v) is 3.15. The molecular formula is C16H17N3S. The smallest absolute Gasteiger partial charge is 0.0494 e. The molecule has 102 valence electrons. The Labute approximate surface area is 122 Å². The van der Waals surface area contributed by atoms with E-state index in [0.717, 1.165) is 35.1 Å². The van der Waals surface area contributed by atoms with E-state index in [1.165, 1.54) is 9.75 Å². The van der Waals surface area contributed by atoms with Gasteiger partial charge in [-0.25, -0.2) is 0 Å². The van der Waals surface area contributed by atoms with Crippen molar-refractivity contribution in [2.45, 2.75) is 19.9 Å². The third kappa shape index (κ3) is 2.47. The molecule has 0 fully saturated rings. The van der Waals surface area contributed by atoms with Gasteiger partial charge in [-0.3, -0.25) is 4.98 Å². The Hall–Kier alpha value is -2.07. The van der Waals surface area contributed by atoms with Crippen LogP contribution in [-0.2, 0) is 13.0 Å². The molecule has 3 rings (SSSR count). The lowest BCUT2D eigenvalue weighted by Gasteiger charge is -2.10. The summed E-state index contributed by atoms with van der Waals surface area (Å²) in [5.41, 5.74) is 7.85. The first-order chi connectivity index (χ1) is 9.78.